The lowest BCUT2D eigenvalue weighted by atomic mass is 9.90. The van der Waals surface area contributed by atoms with Crippen molar-refractivity contribution in [3.05, 3.63) is 122 Å². The van der Waals surface area contributed by atoms with Gasteiger partial charge in [-0.05, 0) is 48.6 Å². The minimum atomic E-state index is -4.12. The van der Waals surface area contributed by atoms with Crippen molar-refractivity contribution >= 4 is 66.6 Å². The van der Waals surface area contributed by atoms with E-state index in [2.05, 4.69) is 15.5 Å². The molecular formula is C31H26N6O6S3. The molecule has 1 aliphatic rings. The first-order valence-electron chi connectivity index (χ1n) is 14.1. The second-order valence-electron chi connectivity index (χ2n) is 10.4. The van der Waals surface area contributed by atoms with Crippen molar-refractivity contribution in [3.8, 4) is 0 Å². The largest absolute Gasteiger partial charge is 0.283 e. The number of hydrogen-bond donors (Lipinski definition) is 1. The number of anilines is 1. The van der Waals surface area contributed by atoms with Gasteiger partial charge in [0, 0.05) is 36.9 Å². The molecule has 15 heteroatoms. The molecule has 1 aliphatic heterocycles. The third-order valence-electron chi connectivity index (χ3n) is 7.57. The highest BCUT2D eigenvalue weighted by atomic mass is 32.2. The number of nitrogens with zero attached hydrogens (tertiary/aromatic N) is 5. The Morgan fingerprint density at radius 1 is 0.935 bits per heavy atom. The third-order valence-corrected chi connectivity index (χ3v) is 11.7. The highest BCUT2D eigenvalue weighted by molar-refractivity contribution is 8.01. The number of nitro benzene ring substituents is 2. The van der Waals surface area contributed by atoms with Crippen LogP contribution in [0, 0.1) is 20.2 Å². The van der Waals surface area contributed by atoms with E-state index in [1.807, 2.05) is 54.6 Å². The van der Waals surface area contributed by atoms with E-state index >= 15 is 0 Å². The van der Waals surface area contributed by atoms with Gasteiger partial charge in [-0.3, -0.25) is 25.7 Å². The molecule has 12 nitrogen and oxygen atoms in total. The van der Waals surface area contributed by atoms with Gasteiger partial charge < -0.3 is 0 Å². The average molecular weight is 675 g/mol. The molecule has 0 amide bonds. The molecule has 0 aliphatic carbocycles. The number of thiazole rings is 1. The molecule has 1 aromatic heterocycles. The molecule has 1 fully saturated rings. The van der Waals surface area contributed by atoms with Crippen molar-refractivity contribution in [2.75, 3.05) is 18.5 Å². The molecule has 2 heterocycles. The van der Waals surface area contributed by atoms with Gasteiger partial charge in [0.1, 0.15) is 4.90 Å². The van der Waals surface area contributed by atoms with Crippen molar-refractivity contribution in [2.24, 2.45) is 5.10 Å². The maximum atomic E-state index is 13.8. The molecule has 0 atom stereocenters. The second-order valence-corrected chi connectivity index (χ2v) is 14.7. The van der Waals surface area contributed by atoms with E-state index < -0.39 is 19.9 Å². The van der Waals surface area contributed by atoms with E-state index in [1.54, 1.807) is 12.1 Å². The Kier molecular flexibility index (Phi) is 9.08. The lowest BCUT2D eigenvalue weighted by Gasteiger charge is -2.31. The molecule has 6 rings (SSSR count). The number of aromatic nitrogens is 1. The van der Waals surface area contributed by atoms with Crippen LogP contribution in [0.15, 0.2) is 110 Å². The van der Waals surface area contributed by atoms with Crippen molar-refractivity contribution < 1.29 is 18.3 Å². The van der Waals surface area contributed by atoms with Gasteiger partial charge in [-0.2, -0.15) is 9.41 Å². The summed E-state index contributed by atoms with van der Waals surface area (Å²) in [7, 11) is -4.12. The van der Waals surface area contributed by atoms with Gasteiger partial charge in [0.15, 0.2) is 4.34 Å². The monoisotopic (exact) mass is 674 g/mol. The first kappa shape index (κ1) is 31.3. The number of sulfonamides is 1. The van der Waals surface area contributed by atoms with Crippen LogP contribution in [0.1, 0.15) is 29.9 Å². The number of fused-ring (bicyclic) bond motifs is 1. The Morgan fingerprint density at radius 2 is 1.67 bits per heavy atom. The number of non-ortho nitro benzene ring substituents is 1. The summed E-state index contributed by atoms with van der Waals surface area (Å²) in [5, 5.41) is 27.6. The average Bonchev–Trinajstić information content (AvgIpc) is 3.48. The zero-order valence-corrected chi connectivity index (χ0v) is 26.5. The Balaban J connectivity index is 1.21. The number of nitrogens with one attached hydrogen (secondary N) is 1. The quantitative estimate of drug-likeness (QED) is 0.0912. The van der Waals surface area contributed by atoms with E-state index in [0.717, 1.165) is 21.8 Å². The van der Waals surface area contributed by atoms with E-state index in [9.17, 15) is 28.6 Å². The molecule has 46 heavy (non-hydrogen) atoms. The molecule has 1 saturated heterocycles. The normalized spacial score (nSPS) is 14.5. The maximum Gasteiger partial charge on any atom is 0.283 e. The van der Waals surface area contributed by atoms with Gasteiger partial charge in [-0.25, -0.2) is 13.4 Å². The van der Waals surface area contributed by atoms with Crippen molar-refractivity contribution in [1.29, 1.82) is 0 Å². The lowest BCUT2D eigenvalue weighted by molar-refractivity contribution is -0.387. The highest BCUT2D eigenvalue weighted by Gasteiger charge is 2.33. The summed E-state index contributed by atoms with van der Waals surface area (Å²) in [6, 6.07) is 25.6. The Bertz CT molecular complexity index is 2030. The number of nitro groups is 2. The van der Waals surface area contributed by atoms with Crippen LogP contribution in [-0.4, -0.2) is 46.9 Å². The Labute approximate surface area is 272 Å². The van der Waals surface area contributed by atoms with Crippen LogP contribution in [0.3, 0.4) is 0 Å². The van der Waals surface area contributed by atoms with Gasteiger partial charge in [0.25, 0.3) is 11.4 Å². The number of piperidine rings is 1. The summed E-state index contributed by atoms with van der Waals surface area (Å²) in [6.45, 7) is 0.524. The van der Waals surface area contributed by atoms with E-state index in [1.165, 1.54) is 51.8 Å². The lowest BCUT2D eigenvalue weighted by Crippen LogP contribution is -2.38. The fourth-order valence-corrected chi connectivity index (χ4v) is 8.97. The van der Waals surface area contributed by atoms with Crippen LogP contribution in [0.5, 0.6) is 0 Å². The number of rotatable bonds is 10. The summed E-state index contributed by atoms with van der Waals surface area (Å²) in [5.41, 5.74) is 4.58. The molecule has 0 saturated carbocycles. The van der Waals surface area contributed by atoms with E-state index in [-0.39, 0.29) is 41.0 Å². The molecule has 5 aromatic rings. The van der Waals surface area contributed by atoms with Crippen molar-refractivity contribution in [3.63, 3.8) is 0 Å². The number of hydrazone groups is 1. The highest BCUT2D eigenvalue weighted by Crippen LogP contribution is 2.39. The van der Waals surface area contributed by atoms with E-state index in [0.29, 0.717) is 27.6 Å². The van der Waals surface area contributed by atoms with Crippen LogP contribution in [0.2, 0.25) is 0 Å². The number of para-hydroxylation sites is 1. The first-order chi connectivity index (χ1) is 22.2. The van der Waals surface area contributed by atoms with Gasteiger partial charge in [-0.1, -0.05) is 60.3 Å². The summed E-state index contributed by atoms with van der Waals surface area (Å²) in [4.78, 5) is 27.0. The predicted molar refractivity (Wildman–Crippen MR) is 178 cm³/mol. The van der Waals surface area contributed by atoms with Crippen LogP contribution in [0.4, 0.5) is 17.1 Å². The molecule has 0 radical (unpaired) electrons. The maximum absolute atomic E-state index is 13.8. The summed E-state index contributed by atoms with van der Waals surface area (Å²) in [5.74, 6) is 0.218. The van der Waals surface area contributed by atoms with Crippen LogP contribution >= 0.6 is 23.1 Å². The van der Waals surface area contributed by atoms with Gasteiger partial charge in [0.2, 0.25) is 10.0 Å². The van der Waals surface area contributed by atoms with Gasteiger partial charge in [-0.15, -0.1) is 11.3 Å². The van der Waals surface area contributed by atoms with Gasteiger partial charge >= 0.3 is 0 Å². The van der Waals surface area contributed by atoms with Crippen molar-refractivity contribution in [2.45, 2.75) is 32.9 Å². The zero-order valence-electron chi connectivity index (χ0n) is 24.1. The standard InChI is InChI=1S/C31H26N6O6S3/c38-36(39)24-11-12-26(30(19-24)46(42,43)35-16-14-23(15-17-35)22-6-2-1-3-7-22)34-32-20-21-10-13-29(27(18-21)37(40)41)45-31-33-25-8-4-5-9-28(25)44-31/h1-13,18-20,23,34H,14-17H2. The molecule has 0 unspecified atom stereocenters. The van der Waals surface area contributed by atoms with Crippen molar-refractivity contribution in [1.82, 2.24) is 9.29 Å². The molecule has 0 spiro atoms. The molecule has 1 N–H and O–H groups in total. The minimum Gasteiger partial charge on any atom is -0.277 e. The zero-order chi connectivity index (χ0) is 32.3. The summed E-state index contributed by atoms with van der Waals surface area (Å²) in [6.07, 6.45) is 2.55. The van der Waals surface area contributed by atoms with Crippen LogP contribution in [-0.2, 0) is 10.0 Å². The molecule has 234 valence electrons. The molecular weight excluding hydrogens is 649 g/mol. The summed E-state index contributed by atoms with van der Waals surface area (Å²) < 4.78 is 30.5. The Hall–Kier alpha value is -4.70. The van der Waals surface area contributed by atoms with Gasteiger partial charge in [0.05, 0.1) is 36.9 Å². The fraction of sp³-hybridized carbons (Fsp3) is 0.161. The summed E-state index contributed by atoms with van der Waals surface area (Å²) >= 11 is 2.64. The third kappa shape index (κ3) is 6.77. The molecule has 4 aromatic carbocycles. The fourth-order valence-electron chi connectivity index (χ4n) is 5.23. The smallest absolute Gasteiger partial charge is 0.277 e. The first-order valence-corrected chi connectivity index (χ1v) is 17.2. The topological polar surface area (TPSA) is 161 Å². The minimum absolute atomic E-state index is 0.0459. The SMILES string of the molecule is O=[N+]([O-])c1ccc(NN=Cc2ccc(Sc3nc4ccccc4s3)c([N+](=O)[O-])c2)c(S(=O)(=O)N2CCC(c3ccccc3)CC2)c1. The Morgan fingerprint density at radius 3 is 2.39 bits per heavy atom. The number of benzene rings is 4. The van der Waals surface area contributed by atoms with Crippen LogP contribution < -0.4 is 5.43 Å². The van der Waals surface area contributed by atoms with Crippen LogP contribution in [0.25, 0.3) is 10.2 Å². The molecule has 0 bridgehead atoms. The second kappa shape index (κ2) is 13.3. The number of hydrogen-bond acceptors (Lipinski definition) is 11. The van der Waals surface area contributed by atoms with E-state index in [4.69, 9.17) is 0 Å². The predicted octanol–water partition coefficient (Wildman–Crippen LogP) is 7.28.